The van der Waals surface area contributed by atoms with E-state index in [0.717, 1.165) is 0 Å². The molecule has 0 unspecified atom stereocenters. The molecule has 0 aliphatic heterocycles. The molecule has 0 N–H and O–H groups in total. The first-order valence-corrected chi connectivity index (χ1v) is 8.96. The monoisotopic (exact) mass is 372 g/mol. The number of benzene rings is 3. The highest BCUT2D eigenvalue weighted by atomic mass is 16.5. The Balaban J connectivity index is 2.26. The van der Waals surface area contributed by atoms with Crippen LogP contribution < -0.4 is 0 Å². The SMILES string of the molecule is CCOC(=O)/C(C(=Nc1ccccc1)c1ccccc1)=[N+](/[O-])c1ccccc1. The van der Waals surface area contributed by atoms with Gasteiger partial charge in [-0.3, -0.25) is 0 Å². The van der Waals surface area contributed by atoms with Crippen LogP contribution in [0.3, 0.4) is 0 Å². The van der Waals surface area contributed by atoms with Gasteiger partial charge in [0.1, 0.15) is 0 Å². The minimum Gasteiger partial charge on any atom is -0.618 e. The van der Waals surface area contributed by atoms with Gasteiger partial charge >= 0.3 is 11.7 Å². The molecular formula is C23H20N2O3. The molecule has 0 spiro atoms. The maximum Gasteiger partial charge on any atom is 0.407 e. The number of hydrogen-bond donors (Lipinski definition) is 0. The number of rotatable bonds is 6. The van der Waals surface area contributed by atoms with E-state index in [9.17, 15) is 10.0 Å². The molecular weight excluding hydrogens is 352 g/mol. The Kier molecular flexibility index (Phi) is 6.31. The van der Waals surface area contributed by atoms with Gasteiger partial charge in [-0.05, 0) is 19.1 Å². The number of carbonyl (C=O) groups excluding carboxylic acids is 1. The van der Waals surface area contributed by atoms with Crippen molar-refractivity contribution in [2.45, 2.75) is 6.92 Å². The third-order valence-corrected chi connectivity index (χ3v) is 3.93. The summed E-state index contributed by atoms with van der Waals surface area (Å²) in [5, 5.41) is 13.2. The van der Waals surface area contributed by atoms with E-state index in [2.05, 4.69) is 4.99 Å². The van der Waals surface area contributed by atoms with E-state index in [1.165, 1.54) is 0 Å². The smallest absolute Gasteiger partial charge is 0.407 e. The summed E-state index contributed by atoms with van der Waals surface area (Å²) in [4.78, 5) is 17.4. The van der Waals surface area contributed by atoms with E-state index in [4.69, 9.17) is 4.74 Å². The predicted octanol–water partition coefficient (Wildman–Crippen LogP) is 4.65. The normalized spacial score (nSPS) is 12.2. The van der Waals surface area contributed by atoms with Gasteiger partial charge in [0, 0.05) is 17.7 Å². The van der Waals surface area contributed by atoms with Crippen LogP contribution in [0.4, 0.5) is 11.4 Å². The number of para-hydroxylation sites is 2. The predicted molar refractivity (Wildman–Crippen MR) is 110 cm³/mol. The summed E-state index contributed by atoms with van der Waals surface area (Å²) in [7, 11) is 0. The zero-order chi connectivity index (χ0) is 19.8. The molecule has 0 fully saturated rings. The van der Waals surface area contributed by atoms with Gasteiger partial charge in [-0.25, -0.2) is 9.79 Å². The summed E-state index contributed by atoms with van der Waals surface area (Å²) in [6.07, 6.45) is 0. The van der Waals surface area contributed by atoms with Crippen LogP contribution in [0.5, 0.6) is 0 Å². The lowest BCUT2D eigenvalue weighted by Crippen LogP contribution is -2.33. The molecule has 0 heterocycles. The zero-order valence-electron chi connectivity index (χ0n) is 15.5. The number of carbonyl (C=O) groups is 1. The van der Waals surface area contributed by atoms with E-state index in [-0.39, 0.29) is 18.0 Å². The van der Waals surface area contributed by atoms with Gasteiger partial charge in [-0.1, -0.05) is 66.7 Å². The molecule has 0 aliphatic carbocycles. The fourth-order valence-corrected chi connectivity index (χ4v) is 2.65. The van der Waals surface area contributed by atoms with Crippen LogP contribution >= 0.6 is 0 Å². The molecule has 3 rings (SSSR count). The Bertz CT molecular complexity index is 982. The summed E-state index contributed by atoms with van der Waals surface area (Å²) >= 11 is 0. The van der Waals surface area contributed by atoms with Gasteiger partial charge in [-0.15, -0.1) is 0 Å². The van der Waals surface area contributed by atoms with Crippen LogP contribution in [0.15, 0.2) is 96.0 Å². The average molecular weight is 372 g/mol. The molecule has 3 aromatic carbocycles. The zero-order valence-corrected chi connectivity index (χ0v) is 15.5. The number of nitrogens with zero attached hydrogens (tertiary/aromatic N) is 2. The van der Waals surface area contributed by atoms with Crippen molar-refractivity contribution in [2.75, 3.05) is 6.61 Å². The van der Waals surface area contributed by atoms with Crippen LogP contribution in [0.1, 0.15) is 12.5 Å². The summed E-state index contributed by atoms with van der Waals surface area (Å²) in [5.41, 5.74) is 1.69. The first kappa shape index (κ1) is 19.0. The fraction of sp³-hybridized carbons (Fsp3) is 0.0870. The second kappa shape index (κ2) is 9.28. The Hall–Kier alpha value is -3.73. The second-order valence-electron chi connectivity index (χ2n) is 5.86. The maximum atomic E-state index is 13.2. The molecule has 5 nitrogen and oxygen atoms in total. The Labute approximate surface area is 163 Å². The number of ether oxygens (including phenoxy) is 1. The van der Waals surface area contributed by atoms with Crippen molar-refractivity contribution in [1.82, 2.24) is 0 Å². The van der Waals surface area contributed by atoms with Crippen LogP contribution in [0.25, 0.3) is 0 Å². The molecule has 0 aliphatic rings. The first-order valence-electron chi connectivity index (χ1n) is 8.96. The minimum atomic E-state index is -0.722. The molecule has 0 amide bonds. The Morgan fingerprint density at radius 3 is 2.00 bits per heavy atom. The van der Waals surface area contributed by atoms with Crippen molar-refractivity contribution < 1.29 is 14.3 Å². The third kappa shape index (κ3) is 4.51. The van der Waals surface area contributed by atoms with E-state index < -0.39 is 5.97 Å². The standard InChI is InChI=1S/C23H20N2O3/c1-2-28-23(26)22(25(27)20-16-10-5-11-17-20)21(18-12-6-3-7-13-18)24-19-14-8-4-9-15-19/h3-17H,2H2,1H3/b24-21?,25-22+. The average Bonchev–Trinajstić information content (AvgIpc) is 2.75. The summed E-state index contributed by atoms with van der Waals surface area (Å²) in [5.74, 6) is -0.722. The van der Waals surface area contributed by atoms with Crippen molar-refractivity contribution in [1.29, 1.82) is 0 Å². The van der Waals surface area contributed by atoms with Crippen LogP contribution in [0.2, 0.25) is 0 Å². The molecule has 0 radical (unpaired) electrons. The third-order valence-electron chi connectivity index (χ3n) is 3.93. The minimum absolute atomic E-state index is 0.151. The van der Waals surface area contributed by atoms with Crippen molar-refractivity contribution >= 4 is 28.8 Å². The molecule has 28 heavy (non-hydrogen) atoms. The first-order chi connectivity index (χ1) is 13.7. The molecule has 3 aromatic rings. The van der Waals surface area contributed by atoms with Gasteiger partial charge in [0.25, 0.3) is 0 Å². The lowest BCUT2D eigenvalue weighted by molar-refractivity contribution is -0.358. The lowest BCUT2D eigenvalue weighted by Gasteiger charge is -2.12. The summed E-state index contributed by atoms with van der Waals surface area (Å²) in [6.45, 7) is 1.85. The van der Waals surface area contributed by atoms with Crippen molar-refractivity contribution in [3.63, 3.8) is 0 Å². The topological polar surface area (TPSA) is 64.7 Å². The van der Waals surface area contributed by atoms with Gasteiger partial charge < -0.3 is 9.94 Å². The van der Waals surface area contributed by atoms with Crippen molar-refractivity contribution in [3.05, 3.63) is 102 Å². The summed E-state index contributed by atoms with van der Waals surface area (Å²) < 4.78 is 5.76. The van der Waals surface area contributed by atoms with E-state index >= 15 is 0 Å². The van der Waals surface area contributed by atoms with Crippen LogP contribution in [0, 0.1) is 5.21 Å². The van der Waals surface area contributed by atoms with Crippen molar-refractivity contribution in [3.8, 4) is 0 Å². The Morgan fingerprint density at radius 1 is 0.893 bits per heavy atom. The molecule has 0 bridgehead atoms. The number of esters is 1. The molecule has 0 atom stereocenters. The van der Waals surface area contributed by atoms with Crippen molar-refractivity contribution in [2.24, 2.45) is 4.99 Å². The van der Waals surface area contributed by atoms with E-state index in [0.29, 0.717) is 21.7 Å². The number of hydrogen-bond acceptors (Lipinski definition) is 4. The Morgan fingerprint density at radius 2 is 1.43 bits per heavy atom. The van der Waals surface area contributed by atoms with Gasteiger partial charge in [0.15, 0.2) is 5.71 Å². The largest absolute Gasteiger partial charge is 0.618 e. The highest BCUT2D eigenvalue weighted by Gasteiger charge is 2.31. The lowest BCUT2D eigenvalue weighted by atomic mass is 10.0. The van der Waals surface area contributed by atoms with Crippen LogP contribution in [-0.4, -0.2) is 28.7 Å². The van der Waals surface area contributed by atoms with Gasteiger partial charge in [-0.2, -0.15) is 4.74 Å². The highest BCUT2D eigenvalue weighted by molar-refractivity contribution is 6.67. The molecule has 140 valence electrons. The van der Waals surface area contributed by atoms with Gasteiger partial charge in [0.05, 0.1) is 12.3 Å². The maximum absolute atomic E-state index is 13.2. The number of aliphatic imine (C=N–C) groups is 1. The summed E-state index contributed by atoms with van der Waals surface area (Å²) in [6, 6.07) is 26.9. The fourth-order valence-electron chi connectivity index (χ4n) is 2.65. The van der Waals surface area contributed by atoms with E-state index in [1.807, 2.05) is 48.5 Å². The molecule has 0 saturated carbocycles. The van der Waals surface area contributed by atoms with Gasteiger partial charge in [0.2, 0.25) is 5.69 Å². The van der Waals surface area contributed by atoms with E-state index in [1.54, 1.807) is 49.4 Å². The molecule has 5 heteroatoms. The molecule has 0 saturated heterocycles. The van der Waals surface area contributed by atoms with Crippen LogP contribution in [-0.2, 0) is 9.53 Å². The highest BCUT2D eigenvalue weighted by Crippen LogP contribution is 2.17. The second-order valence-corrected chi connectivity index (χ2v) is 5.86. The quantitative estimate of drug-likeness (QED) is 0.208. The molecule has 0 aromatic heterocycles.